The third-order valence-electron chi connectivity index (χ3n) is 6.72. The van der Waals surface area contributed by atoms with Gasteiger partial charge in [-0.25, -0.2) is 9.67 Å². The van der Waals surface area contributed by atoms with Crippen molar-refractivity contribution >= 4 is 11.8 Å². The van der Waals surface area contributed by atoms with Gasteiger partial charge in [0, 0.05) is 30.4 Å². The smallest absolute Gasteiger partial charge is 0.252 e. The van der Waals surface area contributed by atoms with Gasteiger partial charge in [-0.2, -0.15) is 4.39 Å². The normalized spacial score (nSPS) is 15.8. The number of aromatic nitrogens is 4. The molecule has 0 saturated carbocycles. The first kappa shape index (κ1) is 25.1. The topological polar surface area (TPSA) is 102 Å². The van der Waals surface area contributed by atoms with Gasteiger partial charge in [0.1, 0.15) is 17.5 Å². The van der Waals surface area contributed by atoms with E-state index < -0.39 is 12.0 Å². The largest absolute Gasteiger partial charge is 0.497 e. The van der Waals surface area contributed by atoms with Crippen LogP contribution in [0.5, 0.6) is 5.75 Å². The lowest BCUT2D eigenvalue weighted by molar-refractivity contribution is -0.132. The maximum absolute atomic E-state index is 13.7. The number of ether oxygens (including phenoxy) is 1. The van der Waals surface area contributed by atoms with Crippen LogP contribution >= 0.6 is 0 Å². The molecule has 194 valence electrons. The van der Waals surface area contributed by atoms with E-state index in [1.165, 1.54) is 12.3 Å². The molecule has 0 spiro atoms. The second-order valence-corrected chi connectivity index (χ2v) is 9.18. The maximum atomic E-state index is 13.7. The molecule has 38 heavy (non-hydrogen) atoms. The van der Waals surface area contributed by atoms with Crippen molar-refractivity contribution < 1.29 is 18.7 Å². The van der Waals surface area contributed by atoms with E-state index in [0.29, 0.717) is 53.2 Å². The Morgan fingerprint density at radius 2 is 1.89 bits per heavy atom. The summed E-state index contributed by atoms with van der Waals surface area (Å²) < 4.78 is 20.3. The van der Waals surface area contributed by atoms with Crippen LogP contribution in [0.15, 0.2) is 73.1 Å². The van der Waals surface area contributed by atoms with Crippen molar-refractivity contribution in [1.82, 2.24) is 30.2 Å². The highest BCUT2D eigenvalue weighted by molar-refractivity contribution is 5.98. The number of pyridine rings is 1. The van der Waals surface area contributed by atoms with Crippen molar-refractivity contribution in [3.05, 3.63) is 95.7 Å². The number of benzene rings is 2. The highest BCUT2D eigenvalue weighted by Crippen LogP contribution is 2.27. The van der Waals surface area contributed by atoms with Gasteiger partial charge in [0.2, 0.25) is 11.9 Å². The molecule has 0 aliphatic carbocycles. The fourth-order valence-corrected chi connectivity index (χ4v) is 4.60. The van der Waals surface area contributed by atoms with Gasteiger partial charge >= 0.3 is 0 Å². The van der Waals surface area contributed by atoms with Crippen LogP contribution in [0, 0.1) is 12.9 Å². The Labute approximate surface area is 219 Å². The Balaban J connectivity index is 1.32. The van der Waals surface area contributed by atoms with Crippen LogP contribution in [0.2, 0.25) is 0 Å². The van der Waals surface area contributed by atoms with E-state index in [-0.39, 0.29) is 17.9 Å². The fraction of sp³-hybridized carbons (Fsp3) is 0.250. The van der Waals surface area contributed by atoms with E-state index in [1.807, 2.05) is 30.3 Å². The number of hydrogen-bond donors (Lipinski definition) is 1. The molecule has 3 heterocycles. The molecular formula is C28H27FN6O3. The van der Waals surface area contributed by atoms with Crippen LogP contribution in [-0.4, -0.2) is 56.9 Å². The zero-order valence-electron chi connectivity index (χ0n) is 21.0. The number of carbonyl (C=O) groups is 2. The zero-order chi connectivity index (χ0) is 26.6. The molecule has 1 fully saturated rings. The van der Waals surface area contributed by atoms with E-state index in [2.05, 4.69) is 20.6 Å². The molecule has 1 aliphatic heterocycles. The highest BCUT2D eigenvalue weighted by atomic mass is 19.1. The molecule has 2 atom stereocenters. The Morgan fingerprint density at radius 1 is 1.13 bits per heavy atom. The SMILES string of the molecule is COc1ccc(C(=O)NC(C(=O)N2CC[C@H](n3cc(-c4cnc(F)cc4C)nn3)C2)c2ccccc2)cc1. The minimum Gasteiger partial charge on any atom is -0.497 e. The van der Waals surface area contributed by atoms with Crippen molar-refractivity contribution in [1.29, 1.82) is 0 Å². The summed E-state index contributed by atoms with van der Waals surface area (Å²) >= 11 is 0. The molecule has 2 aromatic heterocycles. The zero-order valence-corrected chi connectivity index (χ0v) is 21.0. The second kappa shape index (κ2) is 10.8. The summed E-state index contributed by atoms with van der Waals surface area (Å²) in [5, 5.41) is 11.4. The first-order chi connectivity index (χ1) is 18.4. The number of rotatable bonds is 7. The summed E-state index contributed by atoms with van der Waals surface area (Å²) in [6.45, 7) is 2.72. The molecule has 10 heteroatoms. The van der Waals surface area contributed by atoms with Crippen LogP contribution in [0.1, 0.15) is 40.0 Å². The predicted octanol–water partition coefficient (Wildman–Crippen LogP) is 3.74. The van der Waals surface area contributed by atoms with E-state index in [1.54, 1.807) is 54.1 Å². The maximum Gasteiger partial charge on any atom is 0.252 e. The standard InChI is InChI=1S/C28H27FN6O3/c1-18-14-25(29)30-15-23(18)24-17-35(33-32-24)21-12-13-34(16-21)28(37)26(19-6-4-3-5-7-19)31-27(36)20-8-10-22(38-2)11-9-20/h3-11,14-15,17,21,26H,12-13,16H2,1-2H3,(H,31,36)/t21-,26?/m0/s1. The number of amides is 2. The van der Waals surface area contributed by atoms with Crippen LogP contribution in [0.25, 0.3) is 11.3 Å². The first-order valence-electron chi connectivity index (χ1n) is 12.3. The molecule has 5 rings (SSSR count). The quantitative estimate of drug-likeness (QED) is 0.377. The van der Waals surface area contributed by atoms with Gasteiger partial charge in [-0.3, -0.25) is 9.59 Å². The summed E-state index contributed by atoms with van der Waals surface area (Å²) in [5.41, 5.74) is 3.14. The molecule has 2 amide bonds. The molecule has 2 aromatic carbocycles. The monoisotopic (exact) mass is 514 g/mol. The van der Waals surface area contributed by atoms with Crippen LogP contribution in [0.3, 0.4) is 0 Å². The lowest BCUT2D eigenvalue weighted by Gasteiger charge is -2.25. The summed E-state index contributed by atoms with van der Waals surface area (Å²) in [7, 11) is 1.56. The molecule has 4 aromatic rings. The summed E-state index contributed by atoms with van der Waals surface area (Å²) in [5.74, 6) is -0.451. The van der Waals surface area contributed by atoms with E-state index in [9.17, 15) is 14.0 Å². The molecule has 1 unspecified atom stereocenters. The van der Waals surface area contributed by atoms with Gasteiger partial charge in [0.25, 0.3) is 5.91 Å². The molecule has 1 N–H and O–H groups in total. The molecule has 9 nitrogen and oxygen atoms in total. The van der Waals surface area contributed by atoms with Crippen molar-refractivity contribution in [3.8, 4) is 17.0 Å². The Kier molecular flexibility index (Phi) is 7.12. The van der Waals surface area contributed by atoms with Crippen molar-refractivity contribution in [3.63, 3.8) is 0 Å². The Hall–Kier alpha value is -4.60. The van der Waals surface area contributed by atoms with Crippen molar-refractivity contribution in [2.75, 3.05) is 20.2 Å². The number of methoxy groups -OCH3 is 1. The van der Waals surface area contributed by atoms with Gasteiger partial charge in [-0.1, -0.05) is 35.5 Å². The number of nitrogens with zero attached hydrogens (tertiary/aromatic N) is 5. The fourth-order valence-electron chi connectivity index (χ4n) is 4.60. The summed E-state index contributed by atoms with van der Waals surface area (Å²) in [6.07, 6.45) is 3.92. The van der Waals surface area contributed by atoms with Gasteiger partial charge in [-0.15, -0.1) is 5.10 Å². The number of aryl methyl sites for hydroxylation is 1. The number of likely N-dealkylation sites (tertiary alicyclic amines) is 1. The third-order valence-corrected chi connectivity index (χ3v) is 6.72. The third kappa shape index (κ3) is 5.24. The average molecular weight is 515 g/mol. The van der Waals surface area contributed by atoms with Gasteiger partial charge < -0.3 is 15.0 Å². The van der Waals surface area contributed by atoms with Gasteiger partial charge in [0.05, 0.1) is 19.3 Å². The van der Waals surface area contributed by atoms with E-state index in [4.69, 9.17) is 4.74 Å². The van der Waals surface area contributed by atoms with Crippen molar-refractivity contribution in [2.24, 2.45) is 0 Å². The summed E-state index contributed by atoms with van der Waals surface area (Å²) in [4.78, 5) is 32.2. The molecular weight excluding hydrogens is 487 g/mol. The van der Waals surface area contributed by atoms with Gasteiger partial charge in [-0.05, 0) is 54.8 Å². The van der Waals surface area contributed by atoms with Crippen LogP contribution < -0.4 is 10.1 Å². The number of halogens is 1. The number of nitrogens with one attached hydrogen (secondary N) is 1. The lowest BCUT2D eigenvalue weighted by Crippen LogP contribution is -2.42. The van der Waals surface area contributed by atoms with Crippen LogP contribution in [-0.2, 0) is 4.79 Å². The van der Waals surface area contributed by atoms with E-state index >= 15 is 0 Å². The minimum absolute atomic E-state index is 0.0809. The Bertz CT molecular complexity index is 1440. The lowest BCUT2D eigenvalue weighted by atomic mass is 10.0. The Morgan fingerprint density at radius 3 is 2.61 bits per heavy atom. The average Bonchev–Trinajstić information content (AvgIpc) is 3.62. The van der Waals surface area contributed by atoms with Crippen molar-refractivity contribution in [2.45, 2.75) is 25.4 Å². The number of carbonyl (C=O) groups excluding carboxylic acids is 2. The van der Waals surface area contributed by atoms with Crippen LogP contribution in [0.4, 0.5) is 4.39 Å². The molecule has 0 bridgehead atoms. The first-order valence-corrected chi connectivity index (χ1v) is 12.3. The van der Waals surface area contributed by atoms with Gasteiger partial charge in [0.15, 0.2) is 0 Å². The molecule has 1 aliphatic rings. The number of hydrogen-bond acceptors (Lipinski definition) is 6. The summed E-state index contributed by atoms with van der Waals surface area (Å²) in [6, 6.07) is 16.4. The minimum atomic E-state index is -0.844. The molecule has 0 radical (unpaired) electrons. The molecule has 1 saturated heterocycles. The highest BCUT2D eigenvalue weighted by Gasteiger charge is 2.34. The predicted molar refractivity (Wildman–Crippen MR) is 138 cm³/mol. The van der Waals surface area contributed by atoms with E-state index in [0.717, 1.165) is 0 Å². The second-order valence-electron chi connectivity index (χ2n) is 9.18.